The van der Waals surface area contributed by atoms with Gasteiger partial charge in [0.2, 0.25) is 0 Å². The first-order chi connectivity index (χ1) is 8.81. The summed E-state index contributed by atoms with van der Waals surface area (Å²) in [6.07, 6.45) is 7.24. The number of nitrogens with zero attached hydrogens (tertiary/aromatic N) is 2. The zero-order chi connectivity index (χ0) is 12.4. The number of nitrogens with one attached hydrogen (secondary N) is 1. The Labute approximate surface area is 117 Å². The highest BCUT2D eigenvalue weighted by Gasteiger charge is 2.24. The lowest BCUT2D eigenvalue weighted by Crippen LogP contribution is -2.43. The smallest absolute Gasteiger partial charge is 0.128 e. The maximum absolute atomic E-state index is 4.47. The second-order valence-corrected chi connectivity index (χ2v) is 6.36. The van der Waals surface area contributed by atoms with E-state index in [1.165, 1.54) is 32.2 Å². The van der Waals surface area contributed by atoms with Gasteiger partial charge in [-0.2, -0.15) is 0 Å². The molecule has 0 bridgehead atoms. The van der Waals surface area contributed by atoms with E-state index in [9.17, 15) is 0 Å². The van der Waals surface area contributed by atoms with Gasteiger partial charge < -0.3 is 10.2 Å². The Kier molecular flexibility index (Phi) is 3.85. The largest absolute Gasteiger partial charge is 0.357 e. The van der Waals surface area contributed by atoms with Crippen LogP contribution < -0.4 is 10.2 Å². The van der Waals surface area contributed by atoms with Crippen LogP contribution in [-0.2, 0) is 0 Å². The number of halogens is 1. The maximum Gasteiger partial charge on any atom is 0.128 e. The van der Waals surface area contributed by atoms with Crippen LogP contribution in [-0.4, -0.2) is 30.7 Å². The number of hydrogen-bond donors (Lipinski definition) is 1. The monoisotopic (exact) mass is 309 g/mol. The van der Waals surface area contributed by atoms with E-state index < -0.39 is 0 Å². The van der Waals surface area contributed by atoms with Crippen molar-refractivity contribution in [1.82, 2.24) is 10.3 Å². The Morgan fingerprint density at radius 2 is 2.00 bits per heavy atom. The molecule has 1 aliphatic carbocycles. The molecule has 0 aromatic carbocycles. The molecule has 0 atom stereocenters. The van der Waals surface area contributed by atoms with Crippen molar-refractivity contribution in [2.45, 2.75) is 31.7 Å². The summed E-state index contributed by atoms with van der Waals surface area (Å²) in [7, 11) is 0. The van der Waals surface area contributed by atoms with Gasteiger partial charge in [-0.1, -0.05) is 0 Å². The van der Waals surface area contributed by atoms with Crippen molar-refractivity contribution >= 4 is 21.7 Å². The van der Waals surface area contributed by atoms with Crippen LogP contribution in [0.5, 0.6) is 0 Å². The minimum atomic E-state index is 0.720. The molecule has 3 rings (SSSR count). The normalized spacial score (nSPS) is 21.3. The van der Waals surface area contributed by atoms with Gasteiger partial charge in [0.1, 0.15) is 5.82 Å². The fourth-order valence-electron chi connectivity index (χ4n) is 2.52. The van der Waals surface area contributed by atoms with E-state index >= 15 is 0 Å². The van der Waals surface area contributed by atoms with E-state index in [0.717, 1.165) is 35.3 Å². The van der Waals surface area contributed by atoms with Gasteiger partial charge in [0.25, 0.3) is 0 Å². The number of aromatic nitrogens is 1. The summed E-state index contributed by atoms with van der Waals surface area (Å²) in [5.74, 6) is 2.09. The molecular weight excluding hydrogens is 290 g/mol. The lowest BCUT2D eigenvalue weighted by Gasteiger charge is -2.33. The Hall–Kier alpha value is -0.610. The molecule has 0 amide bonds. The van der Waals surface area contributed by atoms with Gasteiger partial charge >= 0.3 is 0 Å². The third-order valence-electron chi connectivity index (χ3n) is 3.92. The summed E-state index contributed by atoms with van der Waals surface area (Å²) in [4.78, 5) is 6.86. The van der Waals surface area contributed by atoms with Crippen LogP contribution >= 0.6 is 15.9 Å². The topological polar surface area (TPSA) is 28.2 Å². The first-order valence-electron chi connectivity index (χ1n) is 6.91. The van der Waals surface area contributed by atoms with Crippen LogP contribution in [0.2, 0.25) is 0 Å². The molecule has 1 aliphatic heterocycles. The van der Waals surface area contributed by atoms with Crippen LogP contribution in [0.25, 0.3) is 0 Å². The molecule has 1 saturated carbocycles. The van der Waals surface area contributed by atoms with Crippen molar-refractivity contribution in [1.29, 1.82) is 0 Å². The van der Waals surface area contributed by atoms with Gasteiger partial charge in [-0.25, -0.2) is 4.98 Å². The van der Waals surface area contributed by atoms with E-state index in [1.807, 2.05) is 6.20 Å². The molecule has 4 heteroatoms. The first-order valence-corrected chi connectivity index (χ1v) is 7.70. The SMILES string of the molecule is Brc1ccc(N2CCC(NCC3CC3)CC2)nc1. The van der Waals surface area contributed by atoms with Crippen molar-refractivity contribution < 1.29 is 0 Å². The fraction of sp³-hybridized carbons (Fsp3) is 0.643. The van der Waals surface area contributed by atoms with Gasteiger partial charge in [0.05, 0.1) is 0 Å². The third kappa shape index (κ3) is 3.23. The Morgan fingerprint density at radius 3 is 2.61 bits per heavy atom. The standard InChI is InChI=1S/C14H20BrN3/c15-12-3-4-14(17-10-12)18-7-5-13(6-8-18)16-9-11-1-2-11/h3-4,10-11,13,16H,1-2,5-9H2. The second kappa shape index (κ2) is 5.57. The van der Waals surface area contributed by atoms with Crippen molar-refractivity contribution in [2.75, 3.05) is 24.5 Å². The van der Waals surface area contributed by atoms with Crippen LogP contribution in [0.1, 0.15) is 25.7 Å². The Bertz CT molecular complexity index is 381. The van der Waals surface area contributed by atoms with Gasteiger partial charge in [-0.3, -0.25) is 0 Å². The molecule has 0 radical (unpaired) electrons. The van der Waals surface area contributed by atoms with Crippen molar-refractivity contribution in [3.63, 3.8) is 0 Å². The van der Waals surface area contributed by atoms with Crippen molar-refractivity contribution in [3.8, 4) is 0 Å². The summed E-state index contributed by atoms with van der Waals surface area (Å²) in [6.45, 7) is 3.48. The van der Waals surface area contributed by atoms with Gasteiger partial charge in [0.15, 0.2) is 0 Å². The van der Waals surface area contributed by atoms with E-state index in [-0.39, 0.29) is 0 Å². The van der Waals surface area contributed by atoms with Crippen LogP contribution in [0.15, 0.2) is 22.8 Å². The molecule has 2 aliphatic rings. The lowest BCUT2D eigenvalue weighted by atomic mass is 10.0. The number of pyridine rings is 1. The van der Waals surface area contributed by atoms with Crippen LogP contribution in [0, 0.1) is 5.92 Å². The maximum atomic E-state index is 4.47. The predicted octanol–water partition coefficient (Wildman–Crippen LogP) is 2.81. The van der Waals surface area contributed by atoms with Crippen molar-refractivity contribution in [2.24, 2.45) is 5.92 Å². The quantitative estimate of drug-likeness (QED) is 0.927. The third-order valence-corrected chi connectivity index (χ3v) is 4.39. The molecule has 3 nitrogen and oxygen atoms in total. The summed E-state index contributed by atoms with van der Waals surface area (Å²) in [6, 6.07) is 4.89. The summed E-state index contributed by atoms with van der Waals surface area (Å²) < 4.78 is 1.05. The highest BCUT2D eigenvalue weighted by atomic mass is 79.9. The molecule has 18 heavy (non-hydrogen) atoms. The Morgan fingerprint density at radius 1 is 1.22 bits per heavy atom. The molecule has 98 valence electrons. The van der Waals surface area contributed by atoms with Crippen LogP contribution in [0.3, 0.4) is 0 Å². The molecule has 1 N–H and O–H groups in total. The van der Waals surface area contributed by atoms with Gasteiger partial charge in [-0.05, 0) is 66.2 Å². The average molecular weight is 310 g/mol. The molecule has 2 heterocycles. The molecule has 2 fully saturated rings. The second-order valence-electron chi connectivity index (χ2n) is 5.45. The highest BCUT2D eigenvalue weighted by molar-refractivity contribution is 9.10. The van der Waals surface area contributed by atoms with E-state index in [1.54, 1.807) is 0 Å². The molecule has 1 aromatic heterocycles. The van der Waals surface area contributed by atoms with E-state index in [2.05, 4.69) is 43.3 Å². The molecule has 0 spiro atoms. The van der Waals surface area contributed by atoms with E-state index in [4.69, 9.17) is 0 Å². The fourth-order valence-corrected chi connectivity index (χ4v) is 2.76. The molecule has 1 saturated heterocycles. The zero-order valence-corrected chi connectivity index (χ0v) is 12.2. The highest BCUT2D eigenvalue weighted by Crippen LogP contribution is 2.28. The molecule has 1 aromatic rings. The number of piperidine rings is 1. The molecule has 0 unspecified atom stereocenters. The first kappa shape index (κ1) is 12.4. The van der Waals surface area contributed by atoms with E-state index in [0.29, 0.717) is 0 Å². The summed E-state index contributed by atoms with van der Waals surface area (Å²) in [5.41, 5.74) is 0. The minimum Gasteiger partial charge on any atom is -0.357 e. The van der Waals surface area contributed by atoms with Gasteiger partial charge in [0, 0.05) is 29.8 Å². The van der Waals surface area contributed by atoms with Crippen molar-refractivity contribution in [3.05, 3.63) is 22.8 Å². The number of hydrogen-bond acceptors (Lipinski definition) is 3. The number of rotatable bonds is 4. The Balaban J connectivity index is 1.48. The lowest BCUT2D eigenvalue weighted by molar-refractivity contribution is 0.407. The van der Waals surface area contributed by atoms with Gasteiger partial charge in [-0.15, -0.1) is 0 Å². The predicted molar refractivity (Wildman–Crippen MR) is 77.9 cm³/mol. The average Bonchev–Trinajstić information content (AvgIpc) is 3.22. The minimum absolute atomic E-state index is 0.720. The zero-order valence-electron chi connectivity index (χ0n) is 10.6. The summed E-state index contributed by atoms with van der Waals surface area (Å²) in [5, 5.41) is 3.71. The molecular formula is C14H20BrN3. The summed E-state index contributed by atoms with van der Waals surface area (Å²) >= 11 is 3.43. The van der Waals surface area contributed by atoms with Crippen LogP contribution in [0.4, 0.5) is 5.82 Å². The number of anilines is 1.